The number of esters is 2. The molecule has 6 atom stereocenters. The predicted octanol–water partition coefficient (Wildman–Crippen LogP) is 14.8. The van der Waals surface area contributed by atoms with Gasteiger partial charge in [0.2, 0.25) is 0 Å². The van der Waals surface area contributed by atoms with Gasteiger partial charge in [0.1, 0.15) is 0 Å². The van der Waals surface area contributed by atoms with Gasteiger partial charge >= 0.3 is 32.4 Å². The molecule has 75 heavy (non-hydrogen) atoms. The Balaban J connectivity index is 0.00000569. The molecule has 8 aliphatic rings. The quantitative estimate of drug-likeness (QED) is 0.124. The molecule has 3 aliphatic heterocycles. The smallest absolute Gasteiger partial charge is 0.663 e. The fourth-order valence-electron chi connectivity index (χ4n) is 14.7. The number of aryl methyl sites for hydroxylation is 2. The van der Waals surface area contributed by atoms with Gasteiger partial charge in [0.05, 0.1) is 48.2 Å². The first kappa shape index (κ1) is 49.7. The van der Waals surface area contributed by atoms with Crippen LogP contribution < -0.4 is 4.98 Å². The maximum atomic E-state index is 13.0. The summed E-state index contributed by atoms with van der Waals surface area (Å²) in [5.74, 6) is 0.585. The summed E-state index contributed by atoms with van der Waals surface area (Å²) in [4.78, 5) is 44.5. The number of benzene rings is 4. The Kier molecular flexibility index (Phi) is 13.5. The molecule has 1 aromatic heterocycles. The van der Waals surface area contributed by atoms with Crippen molar-refractivity contribution in [3.63, 3.8) is 0 Å². The maximum absolute atomic E-state index is 13.0. The Morgan fingerprint density at radius 2 is 0.773 bits per heavy atom. The van der Waals surface area contributed by atoms with E-state index in [0.717, 1.165) is 135 Å². The second-order valence-electron chi connectivity index (χ2n) is 22.5. The molecule has 6 unspecified atom stereocenters. The zero-order chi connectivity index (χ0) is 50.2. The molecule has 4 fully saturated rings. The van der Waals surface area contributed by atoms with Gasteiger partial charge in [0.25, 0.3) is 0 Å². The van der Waals surface area contributed by atoms with Gasteiger partial charge in [-0.05, 0) is 159 Å². The van der Waals surface area contributed by atoms with Crippen molar-refractivity contribution in [1.82, 2.24) is 4.98 Å². The van der Waals surface area contributed by atoms with E-state index in [1.54, 1.807) is 0 Å². The van der Waals surface area contributed by atoms with Gasteiger partial charge in [-0.25, -0.2) is 9.59 Å². The van der Waals surface area contributed by atoms with Crippen LogP contribution in [-0.2, 0) is 42.7 Å². The molecule has 0 radical (unpaired) electrons. The van der Waals surface area contributed by atoms with Crippen LogP contribution in [0.4, 0.5) is 0 Å². The van der Waals surface area contributed by atoms with Crippen molar-refractivity contribution < 1.29 is 39.5 Å². The topological polar surface area (TPSA) is 106 Å². The number of hydrogen-bond donors (Lipinski definition) is 0. The molecule has 0 N–H and O–H groups in total. The Morgan fingerprint density at radius 3 is 1.15 bits per heavy atom. The number of rotatable bonds is 6. The summed E-state index contributed by atoms with van der Waals surface area (Å²) in [5.41, 5.74) is 24.2. The minimum atomic E-state index is -0.353. The second kappa shape index (κ2) is 20.4. The minimum Gasteiger partial charge on any atom is -0.663 e. The van der Waals surface area contributed by atoms with Crippen LogP contribution in [0.5, 0.6) is 0 Å². The summed E-state index contributed by atoms with van der Waals surface area (Å²) in [5, 5.41) is 6.20. The van der Waals surface area contributed by atoms with Crippen molar-refractivity contribution in [3.8, 4) is 0 Å². The van der Waals surface area contributed by atoms with Gasteiger partial charge < -0.3 is 19.8 Å². The summed E-state index contributed by atoms with van der Waals surface area (Å²) in [6, 6.07) is 34.5. The minimum absolute atomic E-state index is 0. The van der Waals surface area contributed by atoms with E-state index in [0.29, 0.717) is 11.1 Å². The number of nitrogens with zero attached hydrogens (tertiary/aromatic N) is 4. The molecule has 8 nitrogen and oxygen atoms in total. The zero-order valence-corrected chi connectivity index (χ0v) is 45.3. The van der Waals surface area contributed by atoms with Crippen LogP contribution in [0.3, 0.4) is 0 Å². The largest absolute Gasteiger partial charge is 2.00 e. The van der Waals surface area contributed by atoms with E-state index in [9.17, 15) is 9.59 Å². The number of allylic oxidation sites excluding steroid dienone is 6. The molecule has 0 amide bonds. The van der Waals surface area contributed by atoms with Gasteiger partial charge in [0.15, 0.2) is 0 Å². The zero-order valence-electron chi connectivity index (χ0n) is 43.8. The fraction of sp³-hybridized carbons (Fsp3) is 0.394. The average Bonchev–Trinajstić information content (AvgIpc) is 4.23. The molecule has 13 rings (SSSR count). The molecule has 9 heteroatoms. The summed E-state index contributed by atoms with van der Waals surface area (Å²) >= 11 is 0. The first-order valence-corrected chi connectivity index (χ1v) is 27.8. The Hall–Kier alpha value is -6.14. The van der Waals surface area contributed by atoms with Crippen molar-refractivity contribution in [2.24, 2.45) is 45.5 Å². The van der Waals surface area contributed by atoms with Crippen LogP contribution in [0, 0.1) is 49.4 Å². The summed E-state index contributed by atoms with van der Waals surface area (Å²) in [6.45, 7) is 4.37. The van der Waals surface area contributed by atoms with Crippen molar-refractivity contribution in [3.05, 3.63) is 192 Å². The fourth-order valence-corrected chi connectivity index (χ4v) is 14.7. The number of ether oxygens (including phenoxy) is 2. The third-order valence-electron chi connectivity index (χ3n) is 18.3. The molecule has 4 aromatic carbocycles. The monoisotopic (exact) mass is 1080 g/mol. The van der Waals surface area contributed by atoms with Crippen LogP contribution in [0.2, 0.25) is 0 Å². The Labute approximate surface area is 456 Å². The SMILES string of the molecule is COC(=O)c1ccc(C2=C3N=C(C(c4ccc(C)cc4)=C4[N-]C(=C(c5ccc(C)cc5)C5=NC(=C(c6ccc(C(=O)OC)cc6)c6[n-]c2c2c6CCCC2)C2CCCCC52)C2CCCCC42)C2CCCCC32)cc1.[Pd+2]. The molecular weight excluding hydrogens is 1020 g/mol. The van der Waals surface area contributed by atoms with Gasteiger partial charge in [0, 0.05) is 23.7 Å². The molecule has 384 valence electrons. The van der Waals surface area contributed by atoms with E-state index in [1.807, 2.05) is 24.3 Å². The maximum Gasteiger partial charge on any atom is 2.00 e. The summed E-state index contributed by atoms with van der Waals surface area (Å²) < 4.78 is 10.5. The number of carbonyl (C=O) groups is 2. The Morgan fingerprint density at radius 1 is 0.440 bits per heavy atom. The van der Waals surface area contributed by atoms with Crippen LogP contribution in [-0.4, -0.2) is 37.6 Å². The van der Waals surface area contributed by atoms with Crippen molar-refractivity contribution in [2.45, 2.75) is 117 Å². The van der Waals surface area contributed by atoms with Gasteiger partial charge in [-0.2, -0.15) is 0 Å². The third kappa shape index (κ3) is 8.52. The van der Waals surface area contributed by atoms with Crippen LogP contribution in [0.15, 0.2) is 130 Å². The summed E-state index contributed by atoms with van der Waals surface area (Å²) in [7, 11) is 2.89. The third-order valence-corrected chi connectivity index (χ3v) is 18.3. The summed E-state index contributed by atoms with van der Waals surface area (Å²) in [6.07, 6.45) is 17.3. The predicted molar refractivity (Wildman–Crippen MR) is 295 cm³/mol. The van der Waals surface area contributed by atoms with Gasteiger partial charge in [-0.1, -0.05) is 134 Å². The standard InChI is InChI=1S/C66H67N4O4.Pd/c1-37-21-25-39(26-22-37)53-57-45-13-5-6-14-46(45)58(67-57)54(40-27-23-38(2)24-28-40)60-48-16-8-10-18-50(48)62(69-60)56(42-31-35-44(36-32-42)66(72)74-4)64-52-20-12-11-19-51(52)63(70-64)55(41-29-33-43(34-30-41)65(71)73-3)61-49-17-9-7-15-47(49)59(53)68-61;/h21-36,45-50H,5-20H2,1-4H3,(H,67,68,69,71,72);/q-1;+2/p-1. The van der Waals surface area contributed by atoms with Crippen LogP contribution in [0.25, 0.3) is 27.6 Å². The molecule has 4 heterocycles. The van der Waals surface area contributed by atoms with Crippen molar-refractivity contribution >= 4 is 45.7 Å². The van der Waals surface area contributed by atoms with Crippen LogP contribution in [0.1, 0.15) is 167 Å². The number of hydrogen-bond acceptors (Lipinski definition) is 6. The number of carbonyl (C=O) groups excluding carboxylic acids is 2. The molecule has 1 saturated heterocycles. The normalized spacial score (nSPS) is 24.8. The Bertz CT molecular complexity index is 3080. The van der Waals surface area contributed by atoms with Gasteiger partial charge in [-0.15, -0.1) is 22.8 Å². The first-order valence-electron chi connectivity index (χ1n) is 27.8. The number of aliphatic imine (C=N–C) groups is 2. The van der Waals surface area contributed by atoms with E-state index in [2.05, 4.69) is 86.6 Å². The first-order chi connectivity index (χ1) is 36.3. The van der Waals surface area contributed by atoms with E-state index >= 15 is 0 Å². The van der Waals surface area contributed by atoms with Gasteiger partial charge in [-0.3, -0.25) is 9.98 Å². The number of aromatic nitrogens is 1. The van der Waals surface area contributed by atoms with E-state index in [4.69, 9.17) is 29.8 Å². The molecule has 5 aromatic rings. The van der Waals surface area contributed by atoms with Crippen LogP contribution >= 0.6 is 0 Å². The van der Waals surface area contributed by atoms with Crippen molar-refractivity contribution in [2.75, 3.05) is 14.2 Å². The van der Waals surface area contributed by atoms with E-state index in [1.165, 1.54) is 94.4 Å². The molecule has 3 saturated carbocycles. The second-order valence-corrected chi connectivity index (χ2v) is 22.5. The van der Waals surface area contributed by atoms with E-state index < -0.39 is 0 Å². The number of methoxy groups -OCH3 is 2. The van der Waals surface area contributed by atoms with E-state index in [-0.39, 0.29) is 67.9 Å². The molecule has 5 aliphatic carbocycles. The molecule has 8 bridgehead atoms. The molecule has 0 spiro atoms. The van der Waals surface area contributed by atoms with Crippen molar-refractivity contribution in [1.29, 1.82) is 0 Å². The average molecular weight is 1090 g/mol. The molecular formula is C66H66N4O4Pd.